The van der Waals surface area contributed by atoms with Gasteiger partial charge < -0.3 is 14.6 Å². The number of hydrogen-bond donors (Lipinski definition) is 1. The van der Waals surface area contributed by atoms with Gasteiger partial charge in [0.05, 0.1) is 12.2 Å². The van der Waals surface area contributed by atoms with Gasteiger partial charge in [0.2, 0.25) is 11.6 Å². The van der Waals surface area contributed by atoms with Crippen LogP contribution in [0.2, 0.25) is 0 Å². The number of hydrogen-bond acceptors (Lipinski definition) is 5. The lowest BCUT2D eigenvalue weighted by molar-refractivity contribution is -0.390. The van der Waals surface area contributed by atoms with Gasteiger partial charge in [0.25, 0.3) is 0 Å². The molecule has 1 saturated heterocycles. The molecule has 35 heavy (non-hydrogen) atoms. The first-order chi connectivity index (χ1) is 16.8. The Balaban J connectivity index is 1.03. The van der Waals surface area contributed by atoms with E-state index in [0.29, 0.717) is 17.8 Å². The third-order valence-electron chi connectivity index (χ3n) is 9.67. The summed E-state index contributed by atoms with van der Waals surface area (Å²) in [5.74, 6) is 3.13. The Morgan fingerprint density at radius 2 is 1.66 bits per heavy atom. The van der Waals surface area contributed by atoms with Crippen LogP contribution in [0.15, 0.2) is 24.3 Å². The third kappa shape index (κ3) is 4.91. The second kappa shape index (κ2) is 9.31. The topological polar surface area (TPSA) is 57.2 Å². The van der Waals surface area contributed by atoms with Crippen LogP contribution in [0.25, 0.3) is 0 Å². The highest BCUT2D eigenvalue weighted by Crippen LogP contribution is 2.64. The summed E-state index contributed by atoms with van der Waals surface area (Å²) in [4.78, 5) is 12.4. The van der Waals surface area contributed by atoms with Crippen LogP contribution >= 0.6 is 0 Å². The molecule has 1 heterocycles. The van der Waals surface area contributed by atoms with Crippen molar-refractivity contribution in [1.82, 2.24) is 0 Å². The van der Waals surface area contributed by atoms with Crippen LogP contribution in [0.5, 0.6) is 5.75 Å². The predicted molar refractivity (Wildman–Crippen MR) is 134 cm³/mol. The van der Waals surface area contributed by atoms with Gasteiger partial charge in [-0.25, -0.2) is 0 Å². The highest BCUT2D eigenvalue weighted by molar-refractivity contribution is 5.30. The molecule has 0 aromatic heterocycles. The molecule has 1 N–H and O–H groups in total. The minimum atomic E-state index is -0.573. The maximum absolute atomic E-state index is 9.81. The van der Waals surface area contributed by atoms with Crippen molar-refractivity contribution in [2.45, 2.75) is 120 Å². The van der Waals surface area contributed by atoms with Crippen LogP contribution in [0, 0.1) is 23.7 Å². The summed E-state index contributed by atoms with van der Waals surface area (Å²) in [5, 5.41) is 9.81. The molecule has 5 heteroatoms. The molecule has 5 nitrogen and oxygen atoms in total. The zero-order valence-corrected chi connectivity index (χ0v) is 21.7. The molecule has 7 rings (SSSR count). The largest absolute Gasteiger partial charge is 0.494 e. The van der Waals surface area contributed by atoms with Gasteiger partial charge in [-0.1, -0.05) is 18.6 Å². The molecule has 1 aromatic rings. The third-order valence-corrected chi connectivity index (χ3v) is 9.67. The van der Waals surface area contributed by atoms with E-state index in [-0.39, 0.29) is 0 Å². The molecule has 6 fully saturated rings. The summed E-state index contributed by atoms with van der Waals surface area (Å²) in [6, 6.07) is 8.67. The summed E-state index contributed by atoms with van der Waals surface area (Å²) in [5.41, 5.74) is 0.783. The van der Waals surface area contributed by atoms with Crippen molar-refractivity contribution in [2.24, 2.45) is 23.7 Å². The lowest BCUT2D eigenvalue weighted by Crippen LogP contribution is -2.59. The zero-order chi connectivity index (χ0) is 24.1. The Kier molecular flexibility index (Phi) is 6.44. The van der Waals surface area contributed by atoms with Gasteiger partial charge in [0, 0.05) is 24.7 Å². The second-order valence-electron chi connectivity index (χ2n) is 13.0. The van der Waals surface area contributed by atoms with E-state index in [0.717, 1.165) is 69.1 Å². The molecule has 6 aliphatic rings. The van der Waals surface area contributed by atoms with E-state index in [1.54, 1.807) is 0 Å². The summed E-state index contributed by atoms with van der Waals surface area (Å²) in [6.07, 6.45) is 14.5. The first kappa shape index (κ1) is 24.2. The molecule has 2 atom stereocenters. The monoisotopic (exact) mass is 484 g/mol. The molecule has 5 saturated carbocycles. The highest BCUT2D eigenvalue weighted by Gasteiger charge is 2.67. The van der Waals surface area contributed by atoms with E-state index in [9.17, 15) is 5.11 Å². The standard InChI is InChI=1S/C30H44O5/c1-28(2,31)12-4-3-5-14-32-27-10-8-23(9-11-27)24-7-6-13-29(20-24)33-30(35-34-29)25-16-21-15-22(18-25)19-26(30)17-21/h8-11,21-22,24-26,31H,3-7,12-20H2,1-2H3/t21?,22?,24-,25?,26?,29-,30?/m1/s1. The van der Waals surface area contributed by atoms with Crippen LogP contribution in [-0.4, -0.2) is 28.9 Å². The summed E-state index contributed by atoms with van der Waals surface area (Å²) >= 11 is 0. The molecule has 2 spiro atoms. The van der Waals surface area contributed by atoms with Crippen molar-refractivity contribution in [3.05, 3.63) is 29.8 Å². The first-order valence-corrected chi connectivity index (χ1v) is 14.3. The fraction of sp³-hybridized carbons (Fsp3) is 0.800. The molecular weight excluding hydrogens is 440 g/mol. The number of unbranched alkanes of at least 4 members (excludes halogenated alkanes) is 2. The van der Waals surface area contributed by atoms with E-state index < -0.39 is 17.2 Å². The van der Waals surface area contributed by atoms with Crippen LogP contribution in [-0.2, 0) is 14.5 Å². The molecule has 5 aliphatic carbocycles. The smallest absolute Gasteiger partial charge is 0.210 e. The average Bonchev–Trinajstić information content (AvgIpc) is 3.18. The Labute approximate surface area is 210 Å². The Hall–Kier alpha value is -1.14. The maximum Gasteiger partial charge on any atom is 0.210 e. The van der Waals surface area contributed by atoms with Crippen LogP contribution < -0.4 is 4.74 Å². The van der Waals surface area contributed by atoms with E-state index in [2.05, 4.69) is 24.3 Å². The fourth-order valence-electron chi connectivity index (χ4n) is 8.12. The van der Waals surface area contributed by atoms with Crippen molar-refractivity contribution in [2.75, 3.05) is 6.61 Å². The van der Waals surface area contributed by atoms with Crippen molar-refractivity contribution >= 4 is 0 Å². The second-order valence-corrected chi connectivity index (χ2v) is 13.0. The zero-order valence-electron chi connectivity index (χ0n) is 21.7. The van der Waals surface area contributed by atoms with Crippen molar-refractivity contribution in [3.8, 4) is 5.75 Å². The van der Waals surface area contributed by atoms with Crippen molar-refractivity contribution < 1.29 is 24.4 Å². The van der Waals surface area contributed by atoms with Gasteiger partial charge in [-0.05, 0) is 114 Å². The summed E-state index contributed by atoms with van der Waals surface area (Å²) < 4.78 is 12.9. The van der Waals surface area contributed by atoms with E-state index >= 15 is 0 Å². The lowest BCUT2D eigenvalue weighted by atomic mass is 9.53. The molecule has 1 aromatic carbocycles. The Bertz CT molecular complexity index is 846. The number of benzene rings is 1. The Morgan fingerprint density at radius 3 is 2.34 bits per heavy atom. The number of rotatable bonds is 8. The molecule has 4 bridgehead atoms. The summed E-state index contributed by atoms with van der Waals surface area (Å²) in [6.45, 7) is 4.47. The fourth-order valence-corrected chi connectivity index (χ4v) is 8.12. The quantitative estimate of drug-likeness (QED) is 0.322. The first-order valence-electron chi connectivity index (χ1n) is 14.3. The molecular formula is C30H44O5. The van der Waals surface area contributed by atoms with Crippen LogP contribution in [0.1, 0.15) is 109 Å². The molecule has 0 amide bonds. The van der Waals surface area contributed by atoms with Crippen molar-refractivity contribution in [3.63, 3.8) is 0 Å². The summed E-state index contributed by atoms with van der Waals surface area (Å²) in [7, 11) is 0. The van der Waals surface area contributed by atoms with E-state index in [1.807, 2.05) is 13.8 Å². The van der Waals surface area contributed by atoms with Crippen molar-refractivity contribution in [1.29, 1.82) is 0 Å². The van der Waals surface area contributed by atoms with Gasteiger partial charge in [0.1, 0.15) is 5.75 Å². The maximum atomic E-state index is 9.81. The van der Waals surface area contributed by atoms with Gasteiger partial charge in [0.15, 0.2) is 0 Å². The SMILES string of the molecule is CC(C)(O)CCCCCOc1ccc([C@@H]2CCC[C@]3(C2)OOC2(O3)C3CC4CC(C3)CC2C4)cc1. The van der Waals surface area contributed by atoms with Gasteiger partial charge in [-0.2, -0.15) is 9.78 Å². The highest BCUT2D eigenvalue weighted by atomic mass is 17.3. The van der Waals surface area contributed by atoms with Gasteiger partial charge >= 0.3 is 0 Å². The Morgan fingerprint density at radius 1 is 0.943 bits per heavy atom. The molecule has 0 radical (unpaired) electrons. The minimum absolute atomic E-state index is 0.426. The van der Waals surface area contributed by atoms with Gasteiger partial charge in [-0.15, -0.1) is 0 Å². The lowest BCUT2D eigenvalue weighted by Gasteiger charge is -2.57. The van der Waals surface area contributed by atoms with E-state index in [4.69, 9.17) is 19.2 Å². The van der Waals surface area contributed by atoms with Crippen LogP contribution in [0.3, 0.4) is 0 Å². The number of aliphatic hydroxyl groups is 1. The van der Waals surface area contributed by atoms with E-state index in [1.165, 1.54) is 44.1 Å². The average molecular weight is 485 g/mol. The molecule has 0 unspecified atom stereocenters. The van der Waals surface area contributed by atoms with Crippen LogP contribution in [0.4, 0.5) is 0 Å². The minimum Gasteiger partial charge on any atom is -0.494 e. The molecule has 194 valence electrons. The molecule has 1 aliphatic heterocycles. The number of ether oxygens (including phenoxy) is 2. The normalized spacial score (nSPS) is 40.1. The van der Waals surface area contributed by atoms with Gasteiger partial charge in [-0.3, -0.25) is 0 Å². The predicted octanol–water partition coefficient (Wildman–Crippen LogP) is 6.88.